The summed E-state index contributed by atoms with van der Waals surface area (Å²) in [5.74, 6) is 0. The van der Waals surface area contributed by atoms with Gasteiger partial charge >= 0.3 is 6.09 Å². The van der Waals surface area contributed by atoms with Crippen molar-refractivity contribution >= 4 is 17.7 Å². The number of ether oxygens (including phenoxy) is 1. The molecule has 1 aliphatic rings. The Kier molecular flexibility index (Phi) is 5.64. The van der Waals surface area contributed by atoms with Gasteiger partial charge in [0.05, 0.1) is 0 Å². The highest BCUT2D eigenvalue weighted by molar-refractivity contribution is 6.29. The van der Waals surface area contributed by atoms with E-state index in [0.29, 0.717) is 5.15 Å². The monoisotopic (exact) mass is 325 g/mol. The number of nitrogens with zero attached hydrogens (tertiary/aromatic N) is 2. The first kappa shape index (κ1) is 17.0. The number of pyridine rings is 1. The van der Waals surface area contributed by atoms with Crippen LogP contribution in [-0.2, 0) is 11.3 Å². The molecule has 0 unspecified atom stereocenters. The van der Waals surface area contributed by atoms with Crippen LogP contribution in [-0.4, -0.2) is 40.7 Å². The van der Waals surface area contributed by atoms with Crippen LogP contribution < -0.4 is 5.32 Å². The molecule has 1 amide bonds. The lowest BCUT2D eigenvalue weighted by Gasteiger charge is -2.32. The second-order valence-corrected chi connectivity index (χ2v) is 7.07. The number of nitrogens with one attached hydrogen (secondary N) is 1. The van der Waals surface area contributed by atoms with Crippen molar-refractivity contribution in [1.29, 1.82) is 0 Å². The first-order chi connectivity index (χ1) is 10.3. The van der Waals surface area contributed by atoms with Gasteiger partial charge < -0.3 is 10.1 Å². The first-order valence-electron chi connectivity index (χ1n) is 7.64. The van der Waals surface area contributed by atoms with Crippen LogP contribution in [0.5, 0.6) is 0 Å². The number of piperidine rings is 1. The summed E-state index contributed by atoms with van der Waals surface area (Å²) in [6, 6.07) is 4.07. The second kappa shape index (κ2) is 7.29. The minimum absolute atomic E-state index is 0.187. The Morgan fingerprint density at radius 3 is 2.73 bits per heavy atom. The minimum Gasteiger partial charge on any atom is -0.444 e. The van der Waals surface area contributed by atoms with E-state index in [1.54, 1.807) is 6.20 Å². The van der Waals surface area contributed by atoms with Gasteiger partial charge in [0.25, 0.3) is 0 Å². The van der Waals surface area contributed by atoms with Crippen LogP contribution in [0.15, 0.2) is 18.3 Å². The van der Waals surface area contributed by atoms with Gasteiger partial charge in [0, 0.05) is 31.9 Å². The number of carbonyl (C=O) groups excluding carboxylic acids is 1. The van der Waals surface area contributed by atoms with E-state index in [2.05, 4.69) is 15.2 Å². The van der Waals surface area contributed by atoms with Crippen LogP contribution in [0.4, 0.5) is 4.79 Å². The Morgan fingerprint density at radius 2 is 2.14 bits per heavy atom. The highest BCUT2D eigenvalue weighted by Gasteiger charge is 2.23. The van der Waals surface area contributed by atoms with E-state index in [0.717, 1.165) is 32.5 Å². The lowest BCUT2D eigenvalue weighted by molar-refractivity contribution is 0.0477. The molecule has 2 rings (SSSR count). The molecule has 1 aromatic rings. The zero-order valence-electron chi connectivity index (χ0n) is 13.4. The molecular weight excluding hydrogens is 302 g/mol. The van der Waals surface area contributed by atoms with E-state index in [4.69, 9.17) is 16.3 Å². The van der Waals surface area contributed by atoms with Gasteiger partial charge in [0.2, 0.25) is 0 Å². The molecule has 122 valence electrons. The van der Waals surface area contributed by atoms with Crippen molar-refractivity contribution in [1.82, 2.24) is 15.2 Å². The third kappa shape index (κ3) is 5.81. The molecule has 0 atom stereocenters. The molecule has 0 aliphatic carbocycles. The zero-order valence-corrected chi connectivity index (χ0v) is 14.2. The minimum atomic E-state index is -0.453. The maximum absolute atomic E-state index is 11.8. The van der Waals surface area contributed by atoms with Gasteiger partial charge in [-0.15, -0.1) is 0 Å². The summed E-state index contributed by atoms with van der Waals surface area (Å²) in [6.45, 7) is 8.36. The van der Waals surface area contributed by atoms with Crippen LogP contribution in [0.3, 0.4) is 0 Å². The summed E-state index contributed by atoms with van der Waals surface area (Å²) in [6.07, 6.45) is 3.26. The smallest absolute Gasteiger partial charge is 0.407 e. The second-order valence-electron chi connectivity index (χ2n) is 6.68. The van der Waals surface area contributed by atoms with Gasteiger partial charge in [-0.05, 0) is 51.3 Å². The highest BCUT2D eigenvalue weighted by atomic mass is 35.5. The molecule has 1 fully saturated rings. The Morgan fingerprint density at radius 1 is 1.45 bits per heavy atom. The van der Waals surface area contributed by atoms with Gasteiger partial charge in [-0.2, -0.15) is 0 Å². The van der Waals surface area contributed by atoms with Gasteiger partial charge in [-0.1, -0.05) is 11.6 Å². The van der Waals surface area contributed by atoms with E-state index in [-0.39, 0.29) is 12.1 Å². The fraction of sp³-hybridized carbons (Fsp3) is 0.625. The lowest BCUT2D eigenvalue weighted by Crippen LogP contribution is -2.45. The number of carbonyl (C=O) groups is 1. The van der Waals surface area contributed by atoms with Crippen LogP contribution in [0.1, 0.15) is 39.2 Å². The summed E-state index contributed by atoms with van der Waals surface area (Å²) < 4.78 is 5.29. The van der Waals surface area contributed by atoms with Crippen molar-refractivity contribution in [3.05, 3.63) is 29.0 Å². The summed E-state index contributed by atoms with van der Waals surface area (Å²) in [7, 11) is 0. The van der Waals surface area contributed by atoms with Gasteiger partial charge in [-0.3, -0.25) is 4.90 Å². The van der Waals surface area contributed by atoms with Crippen molar-refractivity contribution in [2.45, 2.75) is 51.8 Å². The van der Waals surface area contributed by atoms with Crippen LogP contribution >= 0.6 is 11.6 Å². The third-order valence-electron chi connectivity index (χ3n) is 3.51. The van der Waals surface area contributed by atoms with Crippen molar-refractivity contribution in [2.24, 2.45) is 0 Å². The molecule has 0 saturated carbocycles. The molecule has 22 heavy (non-hydrogen) atoms. The topological polar surface area (TPSA) is 54.5 Å². The fourth-order valence-corrected chi connectivity index (χ4v) is 2.71. The van der Waals surface area contributed by atoms with Crippen LogP contribution in [0, 0.1) is 0 Å². The molecule has 1 aromatic heterocycles. The molecule has 2 heterocycles. The number of likely N-dealkylation sites (tertiary alicyclic amines) is 1. The van der Waals surface area contributed by atoms with Crippen LogP contribution in [0.2, 0.25) is 5.15 Å². The molecule has 1 aliphatic heterocycles. The Hall–Kier alpha value is -1.33. The average Bonchev–Trinajstić information content (AvgIpc) is 2.39. The normalized spacial score (nSPS) is 17.3. The molecule has 6 heteroatoms. The Bertz CT molecular complexity index is 508. The molecule has 0 bridgehead atoms. The van der Waals surface area contributed by atoms with E-state index >= 15 is 0 Å². The van der Waals surface area contributed by atoms with E-state index in [1.807, 2.05) is 32.9 Å². The number of halogens is 1. The number of alkyl carbamates (subject to hydrolysis) is 1. The Balaban J connectivity index is 1.75. The molecule has 1 N–H and O–H groups in total. The maximum atomic E-state index is 11.8. The summed E-state index contributed by atoms with van der Waals surface area (Å²) >= 11 is 5.90. The summed E-state index contributed by atoms with van der Waals surface area (Å²) in [5.41, 5.74) is 0.712. The molecule has 0 radical (unpaired) electrons. The lowest BCUT2D eigenvalue weighted by atomic mass is 10.0. The molecule has 0 spiro atoms. The SMILES string of the molecule is CC(C)(C)OC(=O)NC1CCN(Cc2ccnc(Cl)c2)CC1. The van der Waals surface area contributed by atoms with E-state index in [9.17, 15) is 4.79 Å². The van der Waals surface area contributed by atoms with E-state index < -0.39 is 5.60 Å². The third-order valence-corrected chi connectivity index (χ3v) is 3.71. The molecule has 0 aromatic carbocycles. The zero-order chi connectivity index (χ0) is 16.2. The Labute approximate surface area is 137 Å². The first-order valence-corrected chi connectivity index (χ1v) is 8.02. The number of amides is 1. The molecular formula is C16H24ClN3O2. The largest absolute Gasteiger partial charge is 0.444 e. The van der Waals surface area contributed by atoms with Gasteiger partial charge in [-0.25, -0.2) is 9.78 Å². The molecule has 5 nitrogen and oxygen atoms in total. The van der Waals surface area contributed by atoms with Crippen molar-refractivity contribution in [3.8, 4) is 0 Å². The van der Waals surface area contributed by atoms with Crippen molar-refractivity contribution < 1.29 is 9.53 Å². The van der Waals surface area contributed by atoms with Gasteiger partial charge in [0.15, 0.2) is 0 Å². The number of hydrogen-bond donors (Lipinski definition) is 1. The number of hydrogen-bond acceptors (Lipinski definition) is 4. The summed E-state index contributed by atoms with van der Waals surface area (Å²) in [5, 5.41) is 3.48. The number of aromatic nitrogens is 1. The van der Waals surface area contributed by atoms with Crippen molar-refractivity contribution in [2.75, 3.05) is 13.1 Å². The standard InChI is InChI=1S/C16H24ClN3O2/c1-16(2,3)22-15(21)19-13-5-8-20(9-6-13)11-12-4-7-18-14(17)10-12/h4,7,10,13H,5-6,8-9,11H2,1-3H3,(H,19,21). The van der Waals surface area contributed by atoms with Gasteiger partial charge in [0.1, 0.15) is 10.8 Å². The number of rotatable bonds is 3. The van der Waals surface area contributed by atoms with E-state index in [1.165, 1.54) is 5.56 Å². The quantitative estimate of drug-likeness (QED) is 0.867. The predicted octanol–water partition coefficient (Wildman–Crippen LogP) is 3.22. The van der Waals surface area contributed by atoms with Crippen LogP contribution in [0.25, 0.3) is 0 Å². The average molecular weight is 326 g/mol. The van der Waals surface area contributed by atoms with Crippen molar-refractivity contribution in [3.63, 3.8) is 0 Å². The molecule has 1 saturated heterocycles. The fourth-order valence-electron chi connectivity index (χ4n) is 2.51. The summed E-state index contributed by atoms with van der Waals surface area (Å²) in [4.78, 5) is 18.1. The maximum Gasteiger partial charge on any atom is 0.407 e. The predicted molar refractivity (Wildman–Crippen MR) is 86.9 cm³/mol. The highest BCUT2D eigenvalue weighted by Crippen LogP contribution is 2.16.